The lowest BCUT2D eigenvalue weighted by atomic mass is 10.1. The van der Waals surface area contributed by atoms with E-state index in [-0.39, 0.29) is 12.0 Å². The van der Waals surface area contributed by atoms with Gasteiger partial charge in [-0.3, -0.25) is 4.79 Å². The second-order valence-electron chi connectivity index (χ2n) is 8.01. The minimum Gasteiger partial charge on any atom is -0.488 e. The fraction of sp³-hybridized carbons (Fsp3) is 0.231. The largest absolute Gasteiger partial charge is 0.488 e. The van der Waals surface area contributed by atoms with Gasteiger partial charge in [0.15, 0.2) is 11.5 Å². The van der Waals surface area contributed by atoms with Crippen molar-refractivity contribution >= 4 is 17.0 Å². The third-order valence-corrected chi connectivity index (χ3v) is 5.69. The van der Waals surface area contributed by atoms with Gasteiger partial charge >= 0.3 is 0 Å². The van der Waals surface area contributed by atoms with Gasteiger partial charge in [-0.1, -0.05) is 48.5 Å². The van der Waals surface area contributed by atoms with E-state index in [1.165, 1.54) is 11.1 Å². The van der Waals surface area contributed by atoms with E-state index in [1.807, 2.05) is 55.6 Å². The van der Waals surface area contributed by atoms with Crippen molar-refractivity contribution in [3.63, 3.8) is 0 Å². The molecule has 0 saturated heterocycles. The number of benzene rings is 3. The van der Waals surface area contributed by atoms with Crippen LogP contribution in [0, 0.1) is 0 Å². The smallest absolute Gasteiger partial charge is 0.253 e. The Balaban J connectivity index is 1.24. The monoisotopic (exact) mass is 412 g/mol. The van der Waals surface area contributed by atoms with Crippen LogP contribution in [0.15, 0.2) is 77.2 Å². The lowest BCUT2D eigenvalue weighted by Gasteiger charge is -2.21. The normalized spacial score (nSPS) is 14.9. The van der Waals surface area contributed by atoms with Crippen LogP contribution in [0.1, 0.15) is 27.4 Å². The summed E-state index contributed by atoms with van der Waals surface area (Å²) in [6.07, 6.45) is 2.39. The van der Waals surface area contributed by atoms with Gasteiger partial charge in [-0.25, -0.2) is 4.98 Å². The first kappa shape index (κ1) is 19.4. The number of oxazole rings is 1. The number of amides is 1. The van der Waals surface area contributed by atoms with Gasteiger partial charge in [0.1, 0.15) is 17.4 Å². The molecule has 3 aromatic carbocycles. The molecule has 0 fully saturated rings. The van der Waals surface area contributed by atoms with E-state index in [0.29, 0.717) is 29.1 Å². The van der Waals surface area contributed by atoms with E-state index < -0.39 is 0 Å². The van der Waals surface area contributed by atoms with Crippen LogP contribution >= 0.6 is 0 Å². The summed E-state index contributed by atoms with van der Waals surface area (Å²) < 4.78 is 11.9. The molecule has 156 valence electrons. The van der Waals surface area contributed by atoms with Crippen LogP contribution < -0.4 is 4.74 Å². The third-order valence-electron chi connectivity index (χ3n) is 5.69. The number of rotatable bonds is 6. The van der Waals surface area contributed by atoms with Crippen molar-refractivity contribution in [3.05, 3.63) is 95.4 Å². The van der Waals surface area contributed by atoms with Crippen LogP contribution in [0.4, 0.5) is 0 Å². The zero-order valence-electron chi connectivity index (χ0n) is 17.5. The Bertz CT molecular complexity index is 1190. The summed E-state index contributed by atoms with van der Waals surface area (Å²) in [6.45, 7) is 0.534. The molecule has 5 rings (SSSR count). The topological polar surface area (TPSA) is 55.6 Å². The SMILES string of the molecule is CN(CC1Cc2ccccc2O1)C(=O)c1ccc2oc(CCc3ccccc3)nc2c1. The molecule has 1 aliphatic rings. The number of aryl methyl sites for hydroxylation is 2. The molecule has 1 amide bonds. The second-order valence-corrected chi connectivity index (χ2v) is 8.01. The highest BCUT2D eigenvalue weighted by molar-refractivity contribution is 5.97. The number of fused-ring (bicyclic) bond motifs is 2. The molecule has 4 aromatic rings. The predicted molar refractivity (Wildman–Crippen MR) is 119 cm³/mol. The van der Waals surface area contributed by atoms with Crippen LogP contribution in [0.5, 0.6) is 5.75 Å². The number of para-hydroxylation sites is 1. The summed E-state index contributed by atoms with van der Waals surface area (Å²) in [5, 5.41) is 0. The molecule has 1 aromatic heterocycles. The maximum Gasteiger partial charge on any atom is 0.253 e. The summed E-state index contributed by atoms with van der Waals surface area (Å²) in [7, 11) is 1.81. The van der Waals surface area contributed by atoms with Gasteiger partial charge in [0, 0.05) is 25.5 Å². The van der Waals surface area contributed by atoms with E-state index in [2.05, 4.69) is 23.2 Å². The molecule has 0 N–H and O–H groups in total. The van der Waals surface area contributed by atoms with Crippen molar-refractivity contribution in [2.45, 2.75) is 25.4 Å². The van der Waals surface area contributed by atoms with Crippen molar-refractivity contribution in [1.82, 2.24) is 9.88 Å². The van der Waals surface area contributed by atoms with Crippen LogP contribution in [-0.2, 0) is 19.3 Å². The molecule has 1 unspecified atom stereocenters. The van der Waals surface area contributed by atoms with Gasteiger partial charge < -0.3 is 14.1 Å². The molecule has 0 saturated carbocycles. The van der Waals surface area contributed by atoms with E-state index in [1.54, 1.807) is 11.0 Å². The minimum atomic E-state index is -0.0460. The molecule has 1 aliphatic heterocycles. The summed E-state index contributed by atoms with van der Waals surface area (Å²) >= 11 is 0. The number of hydrogen-bond donors (Lipinski definition) is 0. The number of ether oxygens (including phenoxy) is 1. The van der Waals surface area contributed by atoms with Gasteiger partial charge in [0.05, 0.1) is 6.54 Å². The fourth-order valence-corrected chi connectivity index (χ4v) is 4.08. The number of likely N-dealkylation sites (N-methyl/N-ethyl adjacent to an activating group) is 1. The first-order valence-electron chi connectivity index (χ1n) is 10.6. The summed E-state index contributed by atoms with van der Waals surface area (Å²) in [5.74, 6) is 1.56. The van der Waals surface area contributed by atoms with Gasteiger partial charge in [-0.2, -0.15) is 0 Å². The fourth-order valence-electron chi connectivity index (χ4n) is 4.08. The van der Waals surface area contributed by atoms with E-state index in [9.17, 15) is 4.79 Å². The van der Waals surface area contributed by atoms with Crippen LogP contribution in [-0.4, -0.2) is 35.5 Å². The molecule has 0 radical (unpaired) electrons. The van der Waals surface area contributed by atoms with Crippen LogP contribution in [0.2, 0.25) is 0 Å². The summed E-state index contributed by atoms with van der Waals surface area (Å²) in [4.78, 5) is 19.3. The van der Waals surface area contributed by atoms with Crippen LogP contribution in [0.3, 0.4) is 0 Å². The average molecular weight is 412 g/mol. The molecule has 5 nitrogen and oxygen atoms in total. The maximum atomic E-state index is 13.0. The highest BCUT2D eigenvalue weighted by Crippen LogP contribution is 2.28. The van der Waals surface area contributed by atoms with E-state index in [4.69, 9.17) is 9.15 Å². The molecule has 0 spiro atoms. The average Bonchev–Trinajstić information content (AvgIpc) is 3.40. The van der Waals surface area contributed by atoms with Crippen molar-refractivity contribution in [2.24, 2.45) is 0 Å². The third kappa shape index (κ3) is 4.17. The minimum absolute atomic E-state index is 0.0216. The Hall–Kier alpha value is -3.60. The van der Waals surface area contributed by atoms with Gasteiger partial charge in [0.25, 0.3) is 5.91 Å². The molecule has 0 bridgehead atoms. The number of hydrogen-bond acceptors (Lipinski definition) is 4. The van der Waals surface area contributed by atoms with Crippen LogP contribution in [0.25, 0.3) is 11.1 Å². The summed E-state index contributed by atoms with van der Waals surface area (Å²) in [5.41, 5.74) is 4.47. The Kier molecular flexibility index (Phi) is 5.16. The lowest BCUT2D eigenvalue weighted by molar-refractivity contribution is 0.0730. The van der Waals surface area contributed by atoms with E-state index >= 15 is 0 Å². The molecule has 31 heavy (non-hydrogen) atoms. The van der Waals surface area contributed by atoms with Crippen molar-refractivity contribution in [2.75, 3.05) is 13.6 Å². The summed E-state index contributed by atoms with van der Waals surface area (Å²) in [6, 6.07) is 23.8. The molecule has 2 heterocycles. The van der Waals surface area contributed by atoms with Gasteiger partial charge in [0.2, 0.25) is 0 Å². The first-order chi connectivity index (χ1) is 15.2. The predicted octanol–water partition coefficient (Wildman–Crippen LogP) is 4.69. The number of aromatic nitrogens is 1. The Labute approximate surface area is 181 Å². The Morgan fingerprint density at radius 1 is 1.03 bits per heavy atom. The highest BCUT2D eigenvalue weighted by Gasteiger charge is 2.25. The molecule has 0 aliphatic carbocycles. The first-order valence-corrected chi connectivity index (χ1v) is 10.6. The quantitative estimate of drug-likeness (QED) is 0.461. The van der Waals surface area contributed by atoms with E-state index in [0.717, 1.165) is 25.0 Å². The number of carbonyl (C=O) groups is 1. The molecular formula is C26H24N2O3. The maximum absolute atomic E-state index is 13.0. The highest BCUT2D eigenvalue weighted by atomic mass is 16.5. The Morgan fingerprint density at radius 3 is 2.68 bits per heavy atom. The molecule has 1 atom stereocenters. The van der Waals surface area contributed by atoms with Gasteiger partial charge in [-0.15, -0.1) is 0 Å². The lowest BCUT2D eigenvalue weighted by Crippen LogP contribution is -2.36. The molecular weight excluding hydrogens is 388 g/mol. The number of nitrogens with zero attached hydrogens (tertiary/aromatic N) is 2. The standard InChI is InChI=1S/C26H24N2O3/c1-28(17-21-15-19-9-5-6-10-23(19)30-21)26(29)20-12-13-24-22(16-20)27-25(31-24)14-11-18-7-3-2-4-8-18/h2-10,12-13,16,21H,11,14-15,17H2,1H3. The zero-order chi connectivity index (χ0) is 21.2. The number of carbonyl (C=O) groups excluding carboxylic acids is 1. The van der Waals surface area contributed by atoms with Crippen molar-refractivity contribution in [1.29, 1.82) is 0 Å². The van der Waals surface area contributed by atoms with Crippen molar-refractivity contribution < 1.29 is 13.9 Å². The second kappa shape index (κ2) is 8.26. The van der Waals surface area contributed by atoms with Gasteiger partial charge in [-0.05, 0) is 41.8 Å². The van der Waals surface area contributed by atoms with Crippen molar-refractivity contribution in [3.8, 4) is 5.75 Å². The zero-order valence-corrected chi connectivity index (χ0v) is 17.5. The molecule has 5 heteroatoms. The Morgan fingerprint density at radius 2 is 1.84 bits per heavy atom.